The van der Waals surface area contributed by atoms with Crippen LogP contribution in [0, 0.1) is 0 Å². The second kappa shape index (κ2) is 5.31. The zero-order valence-electron chi connectivity index (χ0n) is 10.4. The summed E-state index contributed by atoms with van der Waals surface area (Å²) >= 11 is 7.51. The van der Waals surface area contributed by atoms with E-state index >= 15 is 0 Å². The molecule has 96 valence electrons. The van der Waals surface area contributed by atoms with Crippen molar-refractivity contribution in [3.8, 4) is 5.75 Å². The molecule has 2 nitrogen and oxygen atoms in total. The van der Waals surface area contributed by atoms with Gasteiger partial charge < -0.3 is 10.5 Å². The Hall–Kier alpha value is -1.03. The van der Waals surface area contributed by atoms with Gasteiger partial charge in [0.05, 0.1) is 11.4 Å². The molecule has 0 bridgehead atoms. The van der Waals surface area contributed by atoms with E-state index in [1.165, 1.54) is 4.88 Å². The highest BCUT2D eigenvalue weighted by molar-refractivity contribution is 7.16. The van der Waals surface area contributed by atoms with Gasteiger partial charge in [0.25, 0.3) is 0 Å². The second-order valence-corrected chi connectivity index (χ2v) is 6.30. The summed E-state index contributed by atoms with van der Waals surface area (Å²) in [5.41, 5.74) is 6.98. The van der Waals surface area contributed by atoms with Crippen LogP contribution in [0.2, 0.25) is 4.34 Å². The Morgan fingerprint density at radius 3 is 2.61 bits per heavy atom. The lowest BCUT2D eigenvalue weighted by Gasteiger charge is -2.26. The third-order valence-corrected chi connectivity index (χ3v) is 4.12. The van der Waals surface area contributed by atoms with Gasteiger partial charge in [-0.05, 0) is 25.1 Å². The number of halogens is 1. The number of hydrogen-bond donors (Lipinski definition) is 1. The first-order valence-corrected chi connectivity index (χ1v) is 6.89. The van der Waals surface area contributed by atoms with Gasteiger partial charge in [0.2, 0.25) is 0 Å². The van der Waals surface area contributed by atoms with Crippen LogP contribution in [0.25, 0.3) is 0 Å². The van der Waals surface area contributed by atoms with Crippen molar-refractivity contribution < 1.29 is 4.74 Å². The van der Waals surface area contributed by atoms with Crippen molar-refractivity contribution in [2.45, 2.75) is 18.9 Å². The largest absolute Gasteiger partial charge is 0.496 e. The maximum Gasteiger partial charge on any atom is 0.123 e. The van der Waals surface area contributed by atoms with E-state index in [9.17, 15) is 0 Å². The fourth-order valence-corrected chi connectivity index (χ4v) is 3.28. The first-order valence-electron chi connectivity index (χ1n) is 5.69. The van der Waals surface area contributed by atoms with Gasteiger partial charge in [0.1, 0.15) is 5.75 Å². The fourth-order valence-electron chi connectivity index (χ4n) is 2.02. The van der Waals surface area contributed by atoms with Crippen LogP contribution in [0.3, 0.4) is 0 Å². The summed E-state index contributed by atoms with van der Waals surface area (Å²) < 4.78 is 6.16. The minimum atomic E-state index is -0.471. The molecule has 0 radical (unpaired) electrons. The standard InChI is InChI=1S/C14H16ClNOS/c1-14(16,9-10-7-8-13(15)18-10)11-5-3-4-6-12(11)17-2/h3-8H,9,16H2,1-2H3. The van der Waals surface area contributed by atoms with Gasteiger partial charge in [-0.25, -0.2) is 0 Å². The number of ether oxygens (including phenoxy) is 1. The highest BCUT2D eigenvalue weighted by atomic mass is 35.5. The lowest BCUT2D eigenvalue weighted by molar-refractivity contribution is 0.387. The summed E-state index contributed by atoms with van der Waals surface area (Å²) in [6.45, 7) is 2.01. The van der Waals surface area contributed by atoms with E-state index in [0.29, 0.717) is 0 Å². The Kier molecular flexibility index (Phi) is 3.95. The number of thiophene rings is 1. The minimum absolute atomic E-state index is 0.471. The van der Waals surface area contributed by atoms with Crippen LogP contribution in [0.5, 0.6) is 5.75 Å². The fraction of sp³-hybridized carbons (Fsp3) is 0.286. The molecule has 0 amide bonds. The molecule has 0 saturated heterocycles. The number of para-hydroxylation sites is 1. The molecule has 2 aromatic rings. The van der Waals surface area contributed by atoms with Crippen LogP contribution in [0.4, 0.5) is 0 Å². The monoisotopic (exact) mass is 281 g/mol. The molecule has 1 aromatic heterocycles. The first-order chi connectivity index (χ1) is 8.53. The van der Waals surface area contributed by atoms with E-state index < -0.39 is 5.54 Å². The lowest BCUT2D eigenvalue weighted by Crippen LogP contribution is -2.35. The molecule has 4 heteroatoms. The third-order valence-electron chi connectivity index (χ3n) is 2.89. The van der Waals surface area contributed by atoms with Crippen molar-refractivity contribution in [2.24, 2.45) is 5.73 Å². The van der Waals surface area contributed by atoms with E-state index in [1.807, 2.05) is 43.3 Å². The average Bonchev–Trinajstić information content (AvgIpc) is 2.74. The van der Waals surface area contributed by atoms with Crippen LogP contribution < -0.4 is 10.5 Å². The normalized spacial score (nSPS) is 14.2. The zero-order valence-corrected chi connectivity index (χ0v) is 12.0. The number of hydrogen-bond acceptors (Lipinski definition) is 3. The lowest BCUT2D eigenvalue weighted by atomic mass is 9.88. The molecule has 1 heterocycles. The molecule has 0 aliphatic heterocycles. The van der Waals surface area contributed by atoms with Crippen molar-refractivity contribution in [1.82, 2.24) is 0 Å². The molecule has 0 saturated carbocycles. The molecule has 1 atom stereocenters. The molecule has 1 aromatic carbocycles. The molecule has 18 heavy (non-hydrogen) atoms. The number of rotatable bonds is 4. The zero-order chi connectivity index (χ0) is 13.2. The maximum absolute atomic E-state index is 6.44. The Morgan fingerprint density at radius 1 is 1.28 bits per heavy atom. The van der Waals surface area contributed by atoms with Crippen LogP contribution in [-0.2, 0) is 12.0 Å². The predicted octanol–water partition coefficient (Wildman–Crippen LogP) is 3.83. The Bertz CT molecular complexity index is 536. The Morgan fingerprint density at radius 2 is 2.00 bits per heavy atom. The van der Waals surface area contributed by atoms with Gasteiger partial charge in [0, 0.05) is 22.4 Å². The van der Waals surface area contributed by atoms with E-state index in [1.54, 1.807) is 18.4 Å². The smallest absolute Gasteiger partial charge is 0.123 e. The summed E-state index contributed by atoms with van der Waals surface area (Å²) in [6, 6.07) is 11.8. The van der Waals surface area contributed by atoms with Gasteiger partial charge in [-0.1, -0.05) is 29.8 Å². The number of methoxy groups -OCH3 is 1. The highest BCUT2D eigenvalue weighted by Crippen LogP contribution is 2.33. The molecule has 2 N–H and O–H groups in total. The van der Waals surface area contributed by atoms with Crippen LogP contribution in [0.1, 0.15) is 17.4 Å². The van der Waals surface area contributed by atoms with Crippen LogP contribution in [0.15, 0.2) is 36.4 Å². The predicted molar refractivity (Wildman–Crippen MR) is 77.6 cm³/mol. The summed E-state index contributed by atoms with van der Waals surface area (Å²) in [6.07, 6.45) is 0.741. The number of benzene rings is 1. The molecule has 1 unspecified atom stereocenters. The quantitative estimate of drug-likeness (QED) is 0.924. The van der Waals surface area contributed by atoms with Crippen LogP contribution >= 0.6 is 22.9 Å². The first kappa shape index (κ1) is 13.4. The maximum atomic E-state index is 6.44. The van der Waals surface area contributed by atoms with Gasteiger partial charge in [0.15, 0.2) is 0 Å². The molecule has 0 spiro atoms. The topological polar surface area (TPSA) is 35.2 Å². The number of nitrogens with two attached hydrogens (primary N) is 1. The molecular weight excluding hydrogens is 266 g/mol. The minimum Gasteiger partial charge on any atom is -0.496 e. The van der Waals surface area contributed by atoms with E-state index in [2.05, 4.69) is 0 Å². The Balaban J connectivity index is 2.29. The van der Waals surface area contributed by atoms with Crippen molar-refractivity contribution in [3.05, 3.63) is 51.2 Å². The summed E-state index contributed by atoms with van der Waals surface area (Å²) in [5, 5.41) is 0. The van der Waals surface area contributed by atoms with Gasteiger partial charge >= 0.3 is 0 Å². The summed E-state index contributed by atoms with van der Waals surface area (Å²) in [4.78, 5) is 1.18. The van der Waals surface area contributed by atoms with Crippen molar-refractivity contribution in [1.29, 1.82) is 0 Å². The summed E-state index contributed by atoms with van der Waals surface area (Å²) in [7, 11) is 1.66. The van der Waals surface area contributed by atoms with Crippen molar-refractivity contribution in [3.63, 3.8) is 0 Å². The van der Waals surface area contributed by atoms with Crippen molar-refractivity contribution in [2.75, 3.05) is 7.11 Å². The van der Waals surface area contributed by atoms with Crippen LogP contribution in [-0.4, -0.2) is 7.11 Å². The van der Waals surface area contributed by atoms with E-state index in [4.69, 9.17) is 22.1 Å². The molecule has 0 aliphatic rings. The third kappa shape index (κ3) is 2.86. The second-order valence-electron chi connectivity index (χ2n) is 4.50. The Labute approximate surface area is 116 Å². The van der Waals surface area contributed by atoms with E-state index in [0.717, 1.165) is 22.1 Å². The van der Waals surface area contributed by atoms with E-state index in [-0.39, 0.29) is 0 Å². The van der Waals surface area contributed by atoms with Crippen molar-refractivity contribution >= 4 is 22.9 Å². The summed E-state index contributed by atoms with van der Waals surface area (Å²) in [5.74, 6) is 0.824. The SMILES string of the molecule is COc1ccccc1C(C)(N)Cc1ccc(Cl)s1. The molecule has 2 rings (SSSR count). The van der Waals surface area contributed by atoms with Gasteiger partial charge in [-0.2, -0.15) is 0 Å². The molecule has 0 fully saturated rings. The van der Waals surface area contributed by atoms with Gasteiger partial charge in [-0.15, -0.1) is 11.3 Å². The van der Waals surface area contributed by atoms with Gasteiger partial charge in [-0.3, -0.25) is 0 Å². The molecule has 0 aliphatic carbocycles. The average molecular weight is 282 g/mol. The highest BCUT2D eigenvalue weighted by Gasteiger charge is 2.25. The molecular formula is C14H16ClNOS.